The number of Topliss-reactive ketones (excluding diaryl/α,β-unsaturated/α-hetero) is 1. The summed E-state index contributed by atoms with van der Waals surface area (Å²) in [4.78, 5) is 27.3. The number of fused-ring (bicyclic) bond motifs is 1. The number of piperazine rings is 1. The van der Waals surface area contributed by atoms with Crippen LogP contribution in [-0.4, -0.2) is 56.1 Å². The maximum Gasteiger partial charge on any atom is 0.227 e. The third-order valence-electron chi connectivity index (χ3n) is 6.62. The molecule has 7 heteroatoms. The Balaban J connectivity index is 1.39. The van der Waals surface area contributed by atoms with Gasteiger partial charge in [-0.2, -0.15) is 4.98 Å². The van der Waals surface area contributed by atoms with Crippen molar-refractivity contribution in [2.45, 2.75) is 18.8 Å². The molecule has 5 rings (SSSR count). The Morgan fingerprint density at radius 1 is 0.909 bits per heavy atom. The van der Waals surface area contributed by atoms with Crippen LogP contribution in [0.3, 0.4) is 0 Å². The van der Waals surface area contributed by atoms with Gasteiger partial charge in [0.2, 0.25) is 5.95 Å². The summed E-state index contributed by atoms with van der Waals surface area (Å²) in [5, 5.41) is 3.14. The molecule has 0 bridgehead atoms. The summed E-state index contributed by atoms with van der Waals surface area (Å²) in [6.45, 7) is 3.30. The van der Waals surface area contributed by atoms with Crippen LogP contribution in [0.1, 0.15) is 34.0 Å². The summed E-state index contributed by atoms with van der Waals surface area (Å²) in [6, 6.07) is 18.4. The van der Waals surface area contributed by atoms with Crippen LogP contribution in [0.2, 0.25) is 0 Å². The smallest absolute Gasteiger partial charge is 0.227 e. The molecule has 0 spiro atoms. The second kappa shape index (κ2) is 9.10. The van der Waals surface area contributed by atoms with E-state index in [1.807, 2.05) is 43.4 Å². The fourth-order valence-corrected chi connectivity index (χ4v) is 4.89. The molecule has 33 heavy (non-hydrogen) atoms. The van der Waals surface area contributed by atoms with Crippen molar-refractivity contribution in [3.05, 3.63) is 71.4 Å². The predicted octanol–water partition coefficient (Wildman–Crippen LogP) is 3.77. The molecule has 0 radical (unpaired) electrons. The highest BCUT2D eigenvalue weighted by Gasteiger charge is 2.32. The van der Waals surface area contributed by atoms with E-state index >= 15 is 0 Å². The van der Waals surface area contributed by atoms with E-state index in [0.717, 1.165) is 49.7 Å². The second-order valence-electron chi connectivity index (χ2n) is 8.53. The number of nitrogens with zero attached hydrogens (tertiary/aromatic N) is 4. The molecule has 2 aliphatic rings. The molecule has 1 N–H and O–H groups in total. The number of aromatic nitrogens is 2. The molecular formula is C26H29N5O2. The highest BCUT2D eigenvalue weighted by Crippen LogP contribution is 2.36. The lowest BCUT2D eigenvalue weighted by Crippen LogP contribution is -2.47. The zero-order valence-corrected chi connectivity index (χ0v) is 19.1. The average Bonchev–Trinajstić information content (AvgIpc) is 2.88. The molecule has 170 valence electrons. The van der Waals surface area contributed by atoms with Gasteiger partial charge in [-0.1, -0.05) is 42.5 Å². The van der Waals surface area contributed by atoms with E-state index < -0.39 is 0 Å². The van der Waals surface area contributed by atoms with Crippen LogP contribution >= 0.6 is 0 Å². The first-order valence-electron chi connectivity index (χ1n) is 11.5. The van der Waals surface area contributed by atoms with Gasteiger partial charge in [0, 0.05) is 39.6 Å². The first-order chi connectivity index (χ1) is 16.2. The van der Waals surface area contributed by atoms with Gasteiger partial charge in [0.05, 0.1) is 24.1 Å². The number of hydrogen-bond donors (Lipinski definition) is 1. The van der Waals surface area contributed by atoms with Crippen LogP contribution in [0.25, 0.3) is 0 Å². The zero-order valence-electron chi connectivity index (χ0n) is 19.1. The zero-order chi connectivity index (χ0) is 22.8. The molecule has 1 aliphatic heterocycles. The monoisotopic (exact) mass is 443 g/mol. The number of hydrogen-bond acceptors (Lipinski definition) is 7. The van der Waals surface area contributed by atoms with Crippen LogP contribution in [0, 0.1) is 0 Å². The van der Waals surface area contributed by atoms with Crippen molar-refractivity contribution in [2.75, 3.05) is 55.5 Å². The summed E-state index contributed by atoms with van der Waals surface area (Å²) in [7, 11) is 3.53. The Hall–Kier alpha value is -3.61. The van der Waals surface area contributed by atoms with Crippen molar-refractivity contribution in [1.29, 1.82) is 0 Å². The van der Waals surface area contributed by atoms with Crippen LogP contribution in [0.4, 0.5) is 17.5 Å². The normalized spacial score (nSPS) is 18.1. The van der Waals surface area contributed by atoms with Crippen molar-refractivity contribution in [2.24, 2.45) is 0 Å². The number of carbonyl (C=O) groups is 1. The SMILES string of the molecule is CNc1nc(N2CCN(c3ccccc3OC)CC2)nc2c1C(=O)CC(c1ccccc1)C2. The van der Waals surface area contributed by atoms with E-state index in [1.165, 1.54) is 5.56 Å². The maximum atomic E-state index is 13.0. The van der Waals surface area contributed by atoms with Gasteiger partial charge in [0.1, 0.15) is 11.6 Å². The summed E-state index contributed by atoms with van der Waals surface area (Å²) >= 11 is 0. The standard InChI is InChI=1S/C26H29N5O2/c1-27-25-24-20(16-19(17-22(24)32)18-8-4-3-5-9-18)28-26(29-25)31-14-12-30(13-15-31)21-10-6-7-11-23(21)33-2/h3-11,19H,12-17H2,1-2H3,(H,27,28,29). The first kappa shape index (κ1) is 21.2. The summed E-state index contributed by atoms with van der Waals surface area (Å²) in [5.74, 6) is 2.49. The maximum absolute atomic E-state index is 13.0. The van der Waals surface area contributed by atoms with E-state index in [4.69, 9.17) is 14.7 Å². The Bertz CT molecular complexity index is 1140. The molecule has 2 aromatic carbocycles. The van der Waals surface area contributed by atoms with Crippen molar-refractivity contribution >= 4 is 23.2 Å². The van der Waals surface area contributed by atoms with Gasteiger partial charge >= 0.3 is 0 Å². The summed E-state index contributed by atoms with van der Waals surface area (Å²) in [6.07, 6.45) is 1.24. The lowest BCUT2D eigenvalue weighted by molar-refractivity contribution is 0.0963. The fraction of sp³-hybridized carbons (Fsp3) is 0.346. The molecule has 0 amide bonds. The number of benzene rings is 2. The number of rotatable bonds is 5. The summed E-state index contributed by atoms with van der Waals surface area (Å²) in [5.41, 5.74) is 3.80. The topological polar surface area (TPSA) is 70.6 Å². The van der Waals surface area contributed by atoms with E-state index in [1.54, 1.807) is 7.11 Å². The molecule has 1 fully saturated rings. The Morgan fingerprint density at radius 2 is 1.61 bits per heavy atom. The predicted molar refractivity (Wildman–Crippen MR) is 131 cm³/mol. The molecule has 3 aromatic rings. The highest BCUT2D eigenvalue weighted by molar-refractivity contribution is 6.03. The molecule has 1 atom stereocenters. The van der Waals surface area contributed by atoms with E-state index in [0.29, 0.717) is 23.8 Å². The van der Waals surface area contributed by atoms with Gasteiger partial charge in [-0.3, -0.25) is 4.79 Å². The first-order valence-corrected chi connectivity index (χ1v) is 11.5. The van der Waals surface area contributed by atoms with Crippen LogP contribution in [0.15, 0.2) is 54.6 Å². The number of nitrogens with one attached hydrogen (secondary N) is 1. The molecule has 1 saturated heterocycles. The number of carbonyl (C=O) groups excluding carboxylic acids is 1. The van der Waals surface area contributed by atoms with Gasteiger partial charge in [-0.15, -0.1) is 0 Å². The van der Waals surface area contributed by atoms with E-state index in [9.17, 15) is 4.79 Å². The van der Waals surface area contributed by atoms with Crippen molar-refractivity contribution in [3.8, 4) is 5.75 Å². The largest absolute Gasteiger partial charge is 0.495 e. The minimum Gasteiger partial charge on any atom is -0.495 e. The lowest BCUT2D eigenvalue weighted by Gasteiger charge is -2.37. The van der Waals surface area contributed by atoms with Gasteiger partial charge in [-0.25, -0.2) is 4.98 Å². The second-order valence-corrected chi connectivity index (χ2v) is 8.53. The molecule has 1 aromatic heterocycles. The minimum absolute atomic E-state index is 0.113. The number of para-hydroxylation sites is 2. The van der Waals surface area contributed by atoms with Crippen molar-refractivity contribution in [1.82, 2.24) is 9.97 Å². The number of ether oxygens (including phenoxy) is 1. The van der Waals surface area contributed by atoms with Crippen LogP contribution in [0.5, 0.6) is 5.75 Å². The fourth-order valence-electron chi connectivity index (χ4n) is 4.89. The van der Waals surface area contributed by atoms with Crippen LogP contribution in [-0.2, 0) is 6.42 Å². The molecular weight excluding hydrogens is 414 g/mol. The molecule has 0 saturated carbocycles. The lowest BCUT2D eigenvalue weighted by atomic mass is 9.82. The number of anilines is 3. The van der Waals surface area contributed by atoms with Gasteiger partial charge in [-0.05, 0) is 30.0 Å². The quantitative estimate of drug-likeness (QED) is 0.644. The Kier molecular flexibility index (Phi) is 5.86. The average molecular weight is 444 g/mol. The van der Waals surface area contributed by atoms with Gasteiger partial charge < -0.3 is 19.9 Å². The molecule has 7 nitrogen and oxygen atoms in total. The Labute approximate surface area is 194 Å². The molecule has 1 unspecified atom stereocenters. The molecule has 2 heterocycles. The Morgan fingerprint density at radius 3 is 2.33 bits per heavy atom. The van der Waals surface area contributed by atoms with Crippen LogP contribution < -0.4 is 19.9 Å². The minimum atomic E-state index is 0.113. The number of ketones is 1. The van der Waals surface area contributed by atoms with E-state index in [-0.39, 0.29) is 11.7 Å². The van der Waals surface area contributed by atoms with Crippen molar-refractivity contribution < 1.29 is 9.53 Å². The molecule has 1 aliphatic carbocycles. The van der Waals surface area contributed by atoms with E-state index in [2.05, 4.69) is 33.3 Å². The van der Waals surface area contributed by atoms with Crippen molar-refractivity contribution in [3.63, 3.8) is 0 Å². The highest BCUT2D eigenvalue weighted by atomic mass is 16.5. The third kappa shape index (κ3) is 4.11. The summed E-state index contributed by atoms with van der Waals surface area (Å²) < 4.78 is 5.54. The van der Waals surface area contributed by atoms with Gasteiger partial charge in [0.25, 0.3) is 0 Å². The number of methoxy groups -OCH3 is 1. The van der Waals surface area contributed by atoms with Gasteiger partial charge in [0.15, 0.2) is 5.78 Å². The third-order valence-corrected chi connectivity index (χ3v) is 6.62.